The second kappa shape index (κ2) is 5.22. The quantitative estimate of drug-likeness (QED) is 0.791. The smallest absolute Gasteiger partial charge is 0.327 e. The van der Waals surface area contributed by atoms with Gasteiger partial charge in [0.15, 0.2) is 0 Å². The topological polar surface area (TPSA) is 70.4 Å². The van der Waals surface area contributed by atoms with E-state index in [-0.39, 0.29) is 12.2 Å². The molecule has 1 aromatic rings. The highest BCUT2D eigenvalue weighted by Crippen LogP contribution is 2.27. The van der Waals surface area contributed by atoms with Gasteiger partial charge >= 0.3 is 6.03 Å². The summed E-state index contributed by atoms with van der Waals surface area (Å²) in [6, 6.07) is 7.54. The maximum atomic E-state index is 12.2. The number of nitrogens with two attached hydrogens (primary N) is 1. The summed E-state index contributed by atoms with van der Waals surface area (Å²) >= 11 is 1.63. The van der Waals surface area contributed by atoms with Gasteiger partial charge < -0.3 is 16.4 Å². The molecule has 104 valence electrons. The molecule has 2 heterocycles. The molecule has 1 atom stereocenters. The fourth-order valence-corrected chi connectivity index (χ4v) is 2.73. The van der Waals surface area contributed by atoms with E-state index >= 15 is 0 Å². The van der Waals surface area contributed by atoms with Gasteiger partial charge in [-0.25, -0.2) is 4.79 Å². The number of thioether (sulfide) groups is 1. The molecule has 0 saturated carbocycles. The molecule has 0 aliphatic carbocycles. The summed E-state index contributed by atoms with van der Waals surface area (Å²) in [6.07, 6.45) is 5.80. The molecule has 0 saturated heterocycles. The van der Waals surface area contributed by atoms with Crippen molar-refractivity contribution in [3.8, 4) is 0 Å². The Labute approximate surface area is 121 Å². The molecule has 3 rings (SSSR count). The van der Waals surface area contributed by atoms with E-state index in [4.69, 9.17) is 5.73 Å². The largest absolute Gasteiger partial charge is 0.356 e. The monoisotopic (exact) mass is 288 g/mol. The van der Waals surface area contributed by atoms with Crippen molar-refractivity contribution in [1.82, 2.24) is 10.6 Å². The molecule has 4 N–H and O–H groups in total. The van der Waals surface area contributed by atoms with Crippen LogP contribution in [0.15, 0.2) is 47.1 Å². The first-order chi connectivity index (χ1) is 9.71. The van der Waals surface area contributed by atoms with Gasteiger partial charge in [0.2, 0.25) is 0 Å². The lowest BCUT2D eigenvalue weighted by Gasteiger charge is -2.29. The van der Waals surface area contributed by atoms with Gasteiger partial charge in [-0.2, -0.15) is 0 Å². The third-order valence-corrected chi connectivity index (χ3v) is 4.03. The minimum atomic E-state index is -0.137. The van der Waals surface area contributed by atoms with Crippen LogP contribution in [-0.4, -0.2) is 18.5 Å². The van der Waals surface area contributed by atoms with Crippen molar-refractivity contribution in [1.29, 1.82) is 0 Å². The van der Waals surface area contributed by atoms with E-state index in [9.17, 15) is 4.79 Å². The number of benzene rings is 1. The first kappa shape index (κ1) is 13.1. The maximum Gasteiger partial charge on any atom is 0.327 e. The lowest BCUT2D eigenvalue weighted by Crippen LogP contribution is -2.51. The number of amides is 2. The van der Waals surface area contributed by atoms with Gasteiger partial charge in [0.25, 0.3) is 0 Å². The molecule has 6 heteroatoms. The zero-order valence-electron chi connectivity index (χ0n) is 11.1. The van der Waals surface area contributed by atoms with Crippen LogP contribution in [0.5, 0.6) is 0 Å². The van der Waals surface area contributed by atoms with E-state index in [1.807, 2.05) is 36.7 Å². The predicted molar refractivity (Wildman–Crippen MR) is 81.9 cm³/mol. The van der Waals surface area contributed by atoms with Crippen LogP contribution in [0.1, 0.15) is 5.56 Å². The Morgan fingerprint density at radius 3 is 2.70 bits per heavy atom. The lowest BCUT2D eigenvalue weighted by molar-refractivity contribution is 0.244. The molecular formula is C14H16N4OS. The van der Waals surface area contributed by atoms with Gasteiger partial charge in [-0.05, 0) is 30.0 Å². The minimum Gasteiger partial charge on any atom is -0.356 e. The Hall–Kier alpha value is -1.92. The molecule has 5 nitrogen and oxygen atoms in total. The Kier molecular flexibility index (Phi) is 3.42. The van der Waals surface area contributed by atoms with Crippen molar-refractivity contribution < 1.29 is 4.79 Å². The van der Waals surface area contributed by atoms with E-state index in [0.717, 1.165) is 21.9 Å². The summed E-state index contributed by atoms with van der Waals surface area (Å²) in [6.45, 7) is 0.499. The second-order valence-electron chi connectivity index (χ2n) is 4.61. The van der Waals surface area contributed by atoms with Gasteiger partial charge in [-0.1, -0.05) is 12.1 Å². The number of rotatable bonds is 3. The second-order valence-corrected chi connectivity index (χ2v) is 5.46. The number of carbonyl (C=O) groups excluding carboxylic acids is 1. The average molecular weight is 288 g/mol. The Morgan fingerprint density at radius 1 is 1.30 bits per heavy atom. The van der Waals surface area contributed by atoms with Crippen LogP contribution in [0.2, 0.25) is 0 Å². The molecule has 2 aliphatic rings. The summed E-state index contributed by atoms with van der Waals surface area (Å²) in [5.41, 5.74) is 8.51. The van der Waals surface area contributed by atoms with E-state index in [2.05, 4.69) is 16.7 Å². The first-order valence-corrected chi connectivity index (χ1v) is 7.56. The minimum absolute atomic E-state index is 0.121. The van der Waals surface area contributed by atoms with Gasteiger partial charge in [-0.15, -0.1) is 11.8 Å². The number of nitrogens with zero attached hydrogens (tertiary/aromatic N) is 1. The van der Waals surface area contributed by atoms with Crippen LogP contribution in [-0.2, 0) is 6.54 Å². The molecule has 0 radical (unpaired) electrons. The number of carbonyl (C=O) groups is 1. The summed E-state index contributed by atoms with van der Waals surface area (Å²) in [5.74, 6) is 0. The first-order valence-electron chi connectivity index (χ1n) is 6.34. The summed E-state index contributed by atoms with van der Waals surface area (Å²) < 4.78 is 0. The maximum absolute atomic E-state index is 12.2. The molecule has 0 bridgehead atoms. The van der Waals surface area contributed by atoms with Crippen molar-refractivity contribution in [2.45, 2.75) is 12.7 Å². The average Bonchev–Trinajstić information content (AvgIpc) is 2.88. The van der Waals surface area contributed by atoms with E-state index in [0.29, 0.717) is 6.54 Å². The SMILES string of the molecule is CSC1=CC2=CN(c3ccc(CN)cc3)C(=O)NC2N1. The number of anilines is 1. The van der Waals surface area contributed by atoms with Crippen LogP contribution in [0.25, 0.3) is 0 Å². The zero-order valence-corrected chi connectivity index (χ0v) is 11.9. The molecule has 0 spiro atoms. The van der Waals surface area contributed by atoms with Crippen molar-refractivity contribution in [3.05, 3.63) is 52.7 Å². The summed E-state index contributed by atoms with van der Waals surface area (Å²) in [4.78, 5) is 13.8. The highest BCUT2D eigenvalue weighted by Gasteiger charge is 2.30. The van der Waals surface area contributed by atoms with Crippen LogP contribution >= 0.6 is 11.8 Å². The highest BCUT2D eigenvalue weighted by molar-refractivity contribution is 8.02. The molecular weight excluding hydrogens is 272 g/mol. The van der Waals surface area contributed by atoms with Crippen molar-refractivity contribution in [2.24, 2.45) is 5.73 Å². The van der Waals surface area contributed by atoms with E-state index in [1.54, 1.807) is 16.7 Å². The predicted octanol–water partition coefficient (Wildman–Crippen LogP) is 1.69. The molecule has 2 amide bonds. The Bertz CT molecular complexity index is 594. The zero-order chi connectivity index (χ0) is 14.1. The Balaban J connectivity index is 1.90. The van der Waals surface area contributed by atoms with Gasteiger partial charge in [0, 0.05) is 18.3 Å². The van der Waals surface area contributed by atoms with E-state index in [1.165, 1.54) is 0 Å². The number of hydrogen-bond acceptors (Lipinski definition) is 4. The molecule has 2 aliphatic heterocycles. The fourth-order valence-electron chi connectivity index (χ4n) is 2.24. The summed E-state index contributed by atoms with van der Waals surface area (Å²) in [5, 5.41) is 7.24. The van der Waals surface area contributed by atoms with Gasteiger partial charge in [0.05, 0.1) is 10.7 Å². The normalized spacial score (nSPS) is 20.8. The number of nitrogens with one attached hydrogen (secondary N) is 2. The number of urea groups is 1. The third kappa shape index (κ3) is 2.28. The Morgan fingerprint density at radius 2 is 2.05 bits per heavy atom. The summed E-state index contributed by atoms with van der Waals surface area (Å²) in [7, 11) is 0. The van der Waals surface area contributed by atoms with Crippen LogP contribution < -0.4 is 21.3 Å². The van der Waals surface area contributed by atoms with Crippen LogP contribution in [0.4, 0.5) is 10.5 Å². The lowest BCUT2D eigenvalue weighted by atomic mass is 10.1. The molecule has 0 aromatic heterocycles. The molecule has 0 fully saturated rings. The highest BCUT2D eigenvalue weighted by atomic mass is 32.2. The van der Waals surface area contributed by atoms with Gasteiger partial charge in [-0.3, -0.25) is 4.90 Å². The van der Waals surface area contributed by atoms with Gasteiger partial charge in [0.1, 0.15) is 6.17 Å². The van der Waals surface area contributed by atoms with E-state index < -0.39 is 0 Å². The number of hydrogen-bond donors (Lipinski definition) is 3. The standard InChI is InChI=1S/C14H16N4OS/c1-20-12-6-10-8-18(14(19)17-13(10)16-12)11-4-2-9(7-15)3-5-11/h2-6,8,13,16H,7,15H2,1H3,(H,17,19). The third-order valence-electron chi connectivity index (χ3n) is 3.35. The number of fused-ring (bicyclic) bond motifs is 1. The molecule has 20 heavy (non-hydrogen) atoms. The molecule has 1 aromatic carbocycles. The molecule has 1 unspecified atom stereocenters. The van der Waals surface area contributed by atoms with Crippen molar-refractivity contribution >= 4 is 23.5 Å². The van der Waals surface area contributed by atoms with Crippen LogP contribution in [0.3, 0.4) is 0 Å². The van der Waals surface area contributed by atoms with Crippen molar-refractivity contribution in [3.63, 3.8) is 0 Å². The fraction of sp³-hybridized carbons (Fsp3) is 0.214. The van der Waals surface area contributed by atoms with Crippen LogP contribution in [0, 0.1) is 0 Å². The van der Waals surface area contributed by atoms with Crippen molar-refractivity contribution in [2.75, 3.05) is 11.2 Å².